The lowest BCUT2D eigenvalue weighted by Crippen LogP contribution is -2.42. The van der Waals surface area contributed by atoms with Crippen molar-refractivity contribution < 1.29 is 4.43 Å². The average Bonchev–Trinajstić information content (AvgIpc) is 2.71. The van der Waals surface area contributed by atoms with Crippen LogP contribution < -0.4 is 5.32 Å². The van der Waals surface area contributed by atoms with Crippen LogP contribution in [0, 0.1) is 5.41 Å². The summed E-state index contributed by atoms with van der Waals surface area (Å²) in [4.78, 5) is 4.32. The minimum absolute atomic E-state index is 0.0129. The van der Waals surface area contributed by atoms with Crippen LogP contribution in [-0.2, 0) is 8.85 Å². The van der Waals surface area contributed by atoms with E-state index in [0.717, 1.165) is 46.2 Å². The van der Waals surface area contributed by atoms with E-state index in [1.165, 1.54) is 37.7 Å². The first-order valence-corrected chi connectivity index (χ1v) is 15.4. The second kappa shape index (κ2) is 11.6. The van der Waals surface area contributed by atoms with Gasteiger partial charge in [0, 0.05) is 35.5 Å². The molecule has 1 aliphatic rings. The van der Waals surface area contributed by atoms with E-state index in [1.807, 2.05) is 6.20 Å². The number of aromatic nitrogens is 1. The molecular weight excluding hydrogens is 499 g/mol. The minimum atomic E-state index is -1.75. The van der Waals surface area contributed by atoms with Crippen molar-refractivity contribution >= 4 is 42.5 Å². The maximum atomic E-state index is 6.98. The summed E-state index contributed by atoms with van der Waals surface area (Å²) in [6.07, 6.45) is 10.5. The standard InChI is InChI=1S/C22H38ClIN2OSi/c1-5-28(6-2,7-3)27-20(21-18(13-24)14-25-15-19(21)23)16-26-17-22(4)11-9-8-10-12-22/h14-15,20,26H,5-13,16-17H2,1-4H3. The Labute approximate surface area is 192 Å². The van der Waals surface area contributed by atoms with Gasteiger partial charge in [0.15, 0.2) is 8.32 Å². The van der Waals surface area contributed by atoms with Gasteiger partial charge in [-0.1, -0.05) is 81.1 Å². The lowest BCUT2D eigenvalue weighted by molar-refractivity contribution is 0.163. The summed E-state index contributed by atoms with van der Waals surface area (Å²) in [5, 5.41) is 4.53. The lowest BCUT2D eigenvalue weighted by atomic mass is 9.76. The van der Waals surface area contributed by atoms with Crippen LogP contribution in [0.4, 0.5) is 0 Å². The summed E-state index contributed by atoms with van der Waals surface area (Å²) in [6, 6.07) is 3.45. The van der Waals surface area contributed by atoms with Crippen molar-refractivity contribution in [2.75, 3.05) is 13.1 Å². The Kier molecular flexibility index (Phi) is 10.2. The molecule has 1 aliphatic carbocycles. The normalized spacial score (nSPS) is 18.2. The lowest BCUT2D eigenvalue weighted by Gasteiger charge is -2.37. The molecule has 28 heavy (non-hydrogen) atoms. The van der Waals surface area contributed by atoms with Gasteiger partial charge in [0.1, 0.15) is 0 Å². The van der Waals surface area contributed by atoms with Crippen LogP contribution in [0.2, 0.25) is 23.2 Å². The highest BCUT2D eigenvalue weighted by molar-refractivity contribution is 14.1. The van der Waals surface area contributed by atoms with Crippen molar-refractivity contribution in [3.05, 3.63) is 28.5 Å². The third-order valence-electron chi connectivity index (χ3n) is 6.75. The third kappa shape index (κ3) is 6.40. The number of hydrogen-bond donors (Lipinski definition) is 1. The molecule has 1 fully saturated rings. The molecule has 0 bridgehead atoms. The Balaban J connectivity index is 2.21. The average molecular weight is 537 g/mol. The third-order valence-corrected chi connectivity index (χ3v) is 12.5. The molecule has 0 spiro atoms. The molecule has 0 aliphatic heterocycles. The summed E-state index contributed by atoms with van der Waals surface area (Å²) in [5.41, 5.74) is 2.78. The number of nitrogens with zero attached hydrogens (tertiary/aromatic N) is 1. The van der Waals surface area contributed by atoms with Crippen LogP contribution in [0.3, 0.4) is 0 Å². The molecule has 0 radical (unpaired) electrons. The highest BCUT2D eigenvalue weighted by Gasteiger charge is 2.34. The summed E-state index contributed by atoms with van der Waals surface area (Å²) in [7, 11) is -1.75. The molecule has 3 nitrogen and oxygen atoms in total. The monoisotopic (exact) mass is 536 g/mol. The van der Waals surface area contributed by atoms with Gasteiger partial charge in [0.25, 0.3) is 0 Å². The zero-order valence-corrected chi connectivity index (χ0v) is 22.0. The number of rotatable bonds is 11. The Hall–Kier alpha value is 0.307. The quantitative estimate of drug-likeness (QED) is 0.183. The van der Waals surface area contributed by atoms with Gasteiger partial charge >= 0.3 is 0 Å². The van der Waals surface area contributed by atoms with Gasteiger partial charge in [-0.2, -0.15) is 0 Å². The zero-order valence-electron chi connectivity index (χ0n) is 18.1. The van der Waals surface area contributed by atoms with Crippen molar-refractivity contribution in [1.29, 1.82) is 0 Å². The fourth-order valence-electron chi connectivity index (χ4n) is 4.54. The molecule has 0 aromatic carbocycles. The van der Waals surface area contributed by atoms with Crippen LogP contribution >= 0.6 is 34.2 Å². The van der Waals surface area contributed by atoms with Crippen molar-refractivity contribution in [2.45, 2.75) is 88.5 Å². The van der Waals surface area contributed by atoms with Gasteiger partial charge in [0.05, 0.1) is 11.1 Å². The predicted molar refractivity (Wildman–Crippen MR) is 132 cm³/mol. The second-order valence-electron chi connectivity index (χ2n) is 8.68. The molecule has 0 saturated heterocycles. The summed E-state index contributed by atoms with van der Waals surface area (Å²) in [5.74, 6) is 0. The Morgan fingerprint density at radius 2 is 1.82 bits per heavy atom. The minimum Gasteiger partial charge on any atom is -0.409 e. The van der Waals surface area contributed by atoms with Crippen LogP contribution in [0.1, 0.15) is 77.0 Å². The molecule has 1 unspecified atom stereocenters. The van der Waals surface area contributed by atoms with Crippen molar-refractivity contribution in [3.8, 4) is 0 Å². The van der Waals surface area contributed by atoms with Crippen molar-refractivity contribution in [2.24, 2.45) is 5.41 Å². The van der Waals surface area contributed by atoms with Gasteiger partial charge in [-0.3, -0.25) is 4.98 Å². The molecule has 1 aromatic rings. The van der Waals surface area contributed by atoms with E-state index in [2.05, 4.69) is 60.6 Å². The maximum Gasteiger partial charge on any atom is 0.192 e. The Morgan fingerprint density at radius 1 is 1.18 bits per heavy atom. The molecule has 0 amide bonds. The smallest absolute Gasteiger partial charge is 0.192 e. The Morgan fingerprint density at radius 3 is 2.39 bits per heavy atom. The van der Waals surface area contributed by atoms with E-state index >= 15 is 0 Å². The highest BCUT2D eigenvalue weighted by Crippen LogP contribution is 2.37. The number of hydrogen-bond acceptors (Lipinski definition) is 3. The van der Waals surface area contributed by atoms with Crippen LogP contribution in [-0.4, -0.2) is 26.4 Å². The second-order valence-corrected chi connectivity index (χ2v) is 14.6. The van der Waals surface area contributed by atoms with E-state index in [9.17, 15) is 0 Å². The number of alkyl halides is 1. The van der Waals surface area contributed by atoms with E-state index in [1.54, 1.807) is 6.20 Å². The van der Waals surface area contributed by atoms with E-state index in [-0.39, 0.29) is 6.10 Å². The highest BCUT2D eigenvalue weighted by atomic mass is 127. The van der Waals surface area contributed by atoms with Gasteiger partial charge in [-0.05, 0) is 42.0 Å². The zero-order chi connectivity index (χ0) is 20.6. The molecular formula is C22H38ClIN2OSi. The SMILES string of the molecule is CC[Si](CC)(CC)OC(CNCC1(C)CCCCC1)c1c(Cl)cncc1CI. The van der Waals surface area contributed by atoms with E-state index in [0.29, 0.717) is 5.41 Å². The predicted octanol–water partition coefficient (Wildman–Crippen LogP) is 7.29. The molecule has 1 aromatic heterocycles. The van der Waals surface area contributed by atoms with E-state index < -0.39 is 8.32 Å². The molecule has 1 saturated carbocycles. The van der Waals surface area contributed by atoms with Crippen LogP contribution in [0.5, 0.6) is 0 Å². The van der Waals surface area contributed by atoms with Crippen molar-refractivity contribution in [1.82, 2.24) is 10.3 Å². The van der Waals surface area contributed by atoms with E-state index in [4.69, 9.17) is 16.0 Å². The van der Waals surface area contributed by atoms with Gasteiger partial charge in [0.2, 0.25) is 0 Å². The van der Waals surface area contributed by atoms with Gasteiger partial charge < -0.3 is 9.74 Å². The number of nitrogens with one attached hydrogen (secondary N) is 1. The maximum absolute atomic E-state index is 6.98. The Bertz CT molecular complexity index is 598. The first-order valence-electron chi connectivity index (χ1n) is 11.0. The topological polar surface area (TPSA) is 34.1 Å². The van der Waals surface area contributed by atoms with Crippen molar-refractivity contribution in [3.63, 3.8) is 0 Å². The van der Waals surface area contributed by atoms with Crippen LogP contribution in [0.25, 0.3) is 0 Å². The summed E-state index contributed by atoms with van der Waals surface area (Å²) >= 11 is 9.06. The largest absolute Gasteiger partial charge is 0.409 e. The molecule has 160 valence electrons. The fourth-order valence-corrected chi connectivity index (χ4v) is 8.26. The molecule has 2 rings (SSSR count). The molecule has 6 heteroatoms. The summed E-state index contributed by atoms with van der Waals surface area (Å²) in [6.45, 7) is 11.2. The summed E-state index contributed by atoms with van der Waals surface area (Å²) < 4.78 is 7.88. The fraction of sp³-hybridized carbons (Fsp3) is 0.773. The van der Waals surface area contributed by atoms with Crippen LogP contribution in [0.15, 0.2) is 12.4 Å². The molecule has 1 atom stereocenters. The van der Waals surface area contributed by atoms with Gasteiger partial charge in [-0.25, -0.2) is 0 Å². The number of halogens is 2. The molecule has 1 heterocycles. The van der Waals surface area contributed by atoms with Gasteiger partial charge in [-0.15, -0.1) is 0 Å². The molecule has 1 N–H and O–H groups in total. The number of pyridine rings is 1. The first-order chi connectivity index (χ1) is 13.4. The first kappa shape index (κ1) is 24.6.